The van der Waals surface area contributed by atoms with E-state index in [1.54, 1.807) is 6.07 Å². The maximum absolute atomic E-state index is 9.87. The minimum atomic E-state index is -0.682. The van der Waals surface area contributed by atoms with E-state index in [2.05, 4.69) is 6.92 Å². The fourth-order valence-corrected chi connectivity index (χ4v) is 0.526. The van der Waals surface area contributed by atoms with Gasteiger partial charge >= 0.3 is 5.97 Å². The molecule has 4 N–H and O–H groups in total. The van der Waals surface area contributed by atoms with Crippen molar-refractivity contribution in [3.63, 3.8) is 0 Å². The number of carboxylic acid groups (broad SMARTS) is 1. The van der Waals surface area contributed by atoms with E-state index in [4.69, 9.17) is 10.4 Å². The summed E-state index contributed by atoms with van der Waals surface area (Å²) in [6, 6.07) is 1.75. The summed E-state index contributed by atoms with van der Waals surface area (Å²) in [5.41, 5.74) is 0. The van der Waals surface area contributed by atoms with Crippen LogP contribution in [0.25, 0.3) is 0 Å². The van der Waals surface area contributed by atoms with Crippen LogP contribution >= 0.6 is 0 Å². The second-order valence-electron chi connectivity index (χ2n) is 2.07. The number of hydrogen-bond acceptors (Lipinski definition) is 3. The summed E-state index contributed by atoms with van der Waals surface area (Å²) in [6.07, 6.45) is 3.28. The fraction of sp³-hybridized carbons (Fsp3) is 0.750. The standard InChI is InChI=1S/C6H12O2.C2H3N.H3N/c1-2-3-4-5-6(7)8;1-2-3;/h2-5H2,1H3,(H,7,8);1H3;1H3. The Morgan fingerprint density at radius 3 is 2.17 bits per heavy atom. The molecule has 72 valence electrons. The van der Waals surface area contributed by atoms with E-state index in [-0.39, 0.29) is 6.15 Å². The molecule has 0 aromatic rings. The van der Waals surface area contributed by atoms with Gasteiger partial charge in [0.05, 0.1) is 6.07 Å². The van der Waals surface area contributed by atoms with Crippen molar-refractivity contribution in [2.24, 2.45) is 0 Å². The zero-order valence-electron chi connectivity index (χ0n) is 7.84. The molecule has 0 atom stereocenters. The Morgan fingerprint density at radius 1 is 1.50 bits per heavy atom. The highest BCUT2D eigenvalue weighted by Gasteiger charge is 1.92. The molecule has 12 heavy (non-hydrogen) atoms. The average molecular weight is 174 g/mol. The van der Waals surface area contributed by atoms with Crippen LogP contribution in [0.5, 0.6) is 0 Å². The van der Waals surface area contributed by atoms with Gasteiger partial charge in [-0.2, -0.15) is 5.26 Å². The lowest BCUT2D eigenvalue weighted by molar-refractivity contribution is -0.137. The number of hydrogen-bond donors (Lipinski definition) is 2. The van der Waals surface area contributed by atoms with Gasteiger partial charge in [0, 0.05) is 13.3 Å². The predicted molar refractivity (Wildman–Crippen MR) is 48.1 cm³/mol. The van der Waals surface area contributed by atoms with E-state index in [0.29, 0.717) is 6.42 Å². The molecular weight excluding hydrogens is 156 g/mol. The summed E-state index contributed by atoms with van der Waals surface area (Å²) in [6.45, 7) is 3.49. The molecule has 0 aliphatic rings. The molecular formula is C8H18N2O2. The highest BCUT2D eigenvalue weighted by molar-refractivity contribution is 5.66. The monoisotopic (exact) mass is 174 g/mol. The molecule has 0 aromatic heterocycles. The third kappa shape index (κ3) is 36.4. The summed E-state index contributed by atoms with van der Waals surface area (Å²) in [4.78, 5) is 9.87. The van der Waals surface area contributed by atoms with Gasteiger partial charge in [-0.05, 0) is 6.42 Å². The molecule has 0 bridgehead atoms. The molecule has 0 aliphatic carbocycles. The minimum absolute atomic E-state index is 0. The van der Waals surface area contributed by atoms with E-state index in [1.807, 2.05) is 0 Å². The van der Waals surface area contributed by atoms with Gasteiger partial charge in [0.25, 0.3) is 0 Å². The summed E-state index contributed by atoms with van der Waals surface area (Å²) >= 11 is 0. The van der Waals surface area contributed by atoms with Gasteiger partial charge in [0.15, 0.2) is 0 Å². The van der Waals surface area contributed by atoms with E-state index in [0.717, 1.165) is 19.3 Å². The van der Waals surface area contributed by atoms with Crippen LogP contribution in [0.15, 0.2) is 0 Å². The third-order valence-corrected chi connectivity index (χ3v) is 0.994. The Balaban J connectivity index is -0.000000177. The van der Waals surface area contributed by atoms with Crippen molar-refractivity contribution in [1.82, 2.24) is 6.15 Å². The summed E-state index contributed by atoms with van der Waals surface area (Å²) < 4.78 is 0. The van der Waals surface area contributed by atoms with Crippen molar-refractivity contribution in [2.75, 3.05) is 0 Å². The van der Waals surface area contributed by atoms with Crippen LogP contribution in [-0.4, -0.2) is 11.1 Å². The van der Waals surface area contributed by atoms with Crippen LogP contribution in [0.2, 0.25) is 0 Å². The Morgan fingerprint density at radius 2 is 1.92 bits per heavy atom. The predicted octanol–water partition coefficient (Wildman–Crippen LogP) is 2.34. The summed E-state index contributed by atoms with van der Waals surface area (Å²) in [5, 5.41) is 15.5. The zero-order valence-corrected chi connectivity index (χ0v) is 7.84. The number of carbonyl (C=O) groups is 1. The molecule has 0 amide bonds. The van der Waals surface area contributed by atoms with Gasteiger partial charge < -0.3 is 11.3 Å². The van der Waals surface area contributed by atoms with Gasteiger partial charge in [0.2, 0.25) is 0 Å². The molecule has 0 aliphatic heterocycles. The lowest BCUT2D eigenvalue weighted by Gasteiger charge is -1.89. The van der Waals surface area contributed by atoms with Crippen molar-refractivity contribution < 1.29 is 9.90 Å². The van der Waals surface area contributed by atoms with Crippen LogP contribution in [0.1, 0.15) is 39.5 Å². The van der Waals surface area contributed by atoms with Crippen LogP contribution < -0.4 is 6.15 Å². The average Bonchev–Trinajstić information content (AvgIpc) is 1.89. The molecule has 0 unspecified atom stereocenters. The molecule has 0 aromatic carbocycles. The second kappa shape index (κ2) is 16.5. The first-order chi connectivity index (χ1) is 5.18. The van der Waals surface area contributed by atoms with Crippen LogP contribution in [0.4, 0.5) is 0 Å². The molecule has 0 saturated heterocycles. The number of unbranched alkanes of at least 4 members (excludes halogenated alkanes) is 2. The van der Waals surface area contributed by atoms with Crippen LogP contribution in [0, 0.1) is 11.3 Å². The number of nitriles is 1. The Hall–Kier alpha value is -1.08. The number of nitrogens with zero attached hydrogens (tertiary/aromatic N) is 1. The second-order valence-corrected chi connectivity index (χ2v) is 2.07. The van der Waals surface area contributed by atoms with Crippen molar-refractivity contribution >= 4 is 5.97 Å². The molecule has 0 fully saturated rings. The van der Waals surface area contributed by atoms with Gasteiger partial charge in [-0.15, -0.1) is 0 Å². The van der Waals surface area contributed by atoms with Gasteiger partial charge in [-0.25, -0.2) is 0 Å². The van der Waals surface area contributed by atoms with Crippen LogP contribution in [-0.2, 0) is 4.79 Å². The Bertz CT molecular complexity index is 130. The highest BCUT2D eigenvalue weighted by atomic mass is 16.4. The summed E-state index contributed by atoms with van der Waals surface area (Å²) in [5.74, 6) is -0.682. The molecule has 0 saturated carbocycles. The van der Waals surface area contributed by atoms with Crippen molar-refractivity contribution in [1.29, 1.82) is 5.26 Å². The smallest absolute Gasteiger partial charge is 0.303 e. The van der Waals surface area contributed by atoms with Crippen molar-refractivity contribution in [2.45, 2.75) is 39.5 Å². The summed E-state index contributed by atoms with van der Waals surface area (Å²) in [7, 11) is 0. The SMILES string of the molecule is CC#N.CCCCCC(=O)O.N. The first kappa shape index (κ1) is 17.1. The molecule has 0 heterocycles. The maximum atomic E-state index is 9.87. The topological polar surface area (TPSA) is 96.1 Å². The van der Waals surface area contributed by atoms with E-state index in [9.17, 15) is 4.79 Å². The fourth-order valence-electron chi connectivity index (χ4n) is 0.526. The van der Waals surface area contributed by atoms with E-state index < -0.39 is 5.97 Å². The van der Waals surface area contributed by atoms with Crippen molar-refractivity contribution in [3.8, 4) is 6.07 Å². The van der Waals surface area contributed by atoms with E-state index >= 15 is 0 Å². The quantitative estimate of drug-likeness (QED) is 0.639. The number of carboxylic acids is 1. The molecule has 0 spiro atoms. The van der Waals surface area contributed by atoms with Crippen LogP contribution in [0.3, 0.4) is 0 Å². The first-order valence-corrected chi connectivity index (χ1v) is 3.71. The van der Waals surface area contributed by atoms with Crippen molar-refractivity contribution in [3.05, 3.63) is 0 Å². The first-order valence-electron chi connectivity index (χ1n) is 3.71. The molecule has 0 rings (SSSR count). The van der Waals surface area contributed by atoms with E-state index in [1.165, 1.54) is 6.92 Å². The molecule has 0 radical (unpaired) electrons. The normalized spacial score (nSPS) is 6.75. The Kier molecular flexibility index (Phi) is 23.5. The lowest BCUT2D eigenvalue weighted by Crippen LogP contribution is -1.92. The Labute approximate surface area is 73.8 Å². The molecule has 4 nitrogen and oxygen atoms in total. The van der Waals surface area contributed by atoms with Gasteiger partial charge in [-0.3, -0.25) is 4.79 Å². The maximum Gasteiger partial charge on any atom is 0.303 e. The number of rotatable bonds is 4. The van der Waals surface area contributed by atoms with Gasteiger partial charge in [-0.1, -0.05) is 19.8 Å². The zero-order chi connectivity index (χ0) is 9.11. The van der Waals surface area contributed by atoms with Gasteiger partial charge in [0.1, 0.15) is 0 Å². The lowest BCUT2D eigenvalue weighted by atomic mass is 10.2. The number of aliphatic carboxylic acids is 1. The largest absolute Gasteiger partial charge is 0.481 e. The molecule has 4 heteroatoms. The highest BCUT2D eigenvalue weighted by Crippen LogP contribution is 1.97. The third-order valence-electron chi connectivity index (χ3n) is 0.994. The minimum Gasteiger partial charge on any atom is -0.481 e.